The van der Waals surface area contributed by atoms with Gasteiger partial charge in [0.25, 0.3) is 5.91 Å². The molecule has 2 aromatic carbocycles. The van der Waals surface area contributed by atoms with Crippen molar-refractivity contribution in [3.8, 4) is 5.75 Å². The maximum Gasteiger partial charge on any atom is 0.268 e. The zero-order valence-electron chi connectivity index (χ0n) is 17.8. The summed E-state index contributed by atoms with van der Waals surface area (Å²) in [4.78, 5) is 26.5. The molecular weight excluding hydrogens is 390 g/mol. The lowest BCUT2D eigenvalue weighted by atomic mass is 9.92. The highest BCUT2D eigenvalue weighted by Crippen LogP contribution is 2.42. The number of hydrogen-bond acceptors (Lipinski definition) is 3. The summed E-state index contributed by atoms with van der Waals surface area (Å²) in [7, 11) is 0. The molecule has 160 valence electrons. The summed E-state index contributed by atoms with van der Waals surface area (Å²) in [6.07, 6.45) is -0.664. The number of rotatable bonds is 4. The van der Waals surface area contributed by atoms with Crippen LogP contribution in [-0.4, -0.2) is 17.9 Å². The van der Waals surface area contributed by atoms with Gasteiger partial charge in [0, 0.05) is 6.42 Å². The van der Waals surface area contributed by atoms with Gasteiger partial charge >= 0.3 is 0 Å². The Labute approximate surface area is 175 Å². The molecule has 0 radical (unpaired) electrons. The van der Waals surface area contributed by atoms with Gasteiger partial charge in [-0.3, -0.25) is 9.59 Å². The van der Waals surface area contributed by atoms with Gasteiger partial charge in [0.15, 0.2) is 17.7 Å². The van der Waals surface area contributed by atoms with E-state index in [1.54, 1.807) is 32.0 Å². The summed E-state index contributed by atoms with van der Waals surface area (Å²) in [5, 5.41) is 2.64. The molecule has 0 bridgehead atoms. The number of anilines is 2. The highest BCUT2D eigenvalue weighted by atomic mass is 19.1. The maximum absolute atomic E-state index is 15.3. The summed E-state index contributed by atoms with van der Waals surface area (Å²) < 4.78 is 34.1. The molecule has 1 aliphatic heterocycles. The van der Waals surface area contributed by atoms with Crippen LogP contribution in [0.15, 0.2) is 30.3 Å². The van der Waals surface area contributed by atoms with E-state index in [1.807, 2.05) is 20.8 Å². The Bertz CT molecular complexity index is 981. The molecule has 30 heavy (non-hydrogen) atoms. The number of nitrogens with one attached hydrogen (secondary N) is 1. The fourth-order valence-corrected chi connectivity index (χ4v) is 3.37. The van der Waals surface area contributed by atoms with Crippen LogP contribution in [0.2, 0.25) is 0 Å². The van der Waals surface area contributed by atoms with Gasteiger partial charge in [0.05, 0.1) is 17.9 Å². The fourth-order valence-electron chi connectivity index (χ4n) is 3.37. The van der Waals surface area contributed by atoms with Gasteiger partial charge in [-0.2, -0.15) is 0 Å². The lowest BCUT2D eigenvalue weighted by Gasteiger charge is -2.34. The second-order valence-electron chi connectivity index (χ2n) is 8.83. The van der Waals surface area contributed by atoms with Crippen molar-refractivity contribution >= 4 is 23.2 Å². The van der Waals surface area contributed by atoms with Crippen molar-refractivity contribution in [3.63, 3.8) is 0 Å². The number of hydrogen-bond donors (Lipinski definition) is 1. The number of fused-ring (bicyclic) bond motifs is 1. The van der Waals surface area contributed by atoms with E-state index in [1.165, 1.54) is 17.0 Å². The quantitative estimate of drug-likeness (QED) is 0.766. The third-order valence-corrected chi connectivity index (χ3v) is 4.81. The van der Waals surface area contributed by atoms with Crippen molar-refractivity contribution in [2.24, 2.45) is 5.41 Å². The second kappa shape index (κ2) is 8.05. The summed E-state index contributed by atoms with van der Waals surface area (Å²) >= 11 is 0. The van der Waals surface area contributed by atoms with Gasteiger partial charge in [-0.25, -0.2) is 8.78 Å². The van der Waals surface area contributed by atoms with Crippen LogP contribution in [0.4, 0.5) is 20.2 Å². The Morgan fingerprint density at radius 3 is 2.43 bits per heavy atom. The zero-order valence-corrected chi connectivity index (χ0v) is 17.8. The van der Waals surface area contributed by atoms with Gasteiger partial charge in [-0.05, 0) is 48.6 Å². The van der Waals surface area contributed by atoms with E-state index >= 15 is 4.39 Å². The SMILES string of the molecule is Cc1cc2c(c(F)c1NC(=O)CC(C)(C)C)OC(C)C(=O)N2Cc1ccc(F)cc1. The van der Waals surface area contributed by atoms with Crippen molar-refractivity contribution in [2.75, 3.05) is 10.2 Å². The van der Waals surface area contributed by atoms with E-state index in [4.69, 9.17) is 4.74 Å². The van der Waals surface area contributed by atoms with Crippen molar-refractivity contribution in [3.05, 3.63) is 53.1 Å². The molecule has 0 aliphatic carbocycles. The molecule has 1 aliphatic rings. The molecule has 1 atom stereocenters. The Kier molecular flexibility index (Phi) is 5.83. The van der Waals surface area contributed by atoms with Gasteiger partial charge < -0.3 is 15.0 Å². The first kappa shape index (κ1) is 21.7. The minimum absolute atomic E-state index is 0.0475. The maximum atomic E-state index is 15.3. The molecule has 2 aromatic rings. The first-order chi connectivity index (χ1) is 14.0. The number of amides is 2. The van der Waals surface area contributed by atoms with Gasteiger partial charge in [-0.15, -0.1) is 0 Å². The molecule has 0 fully saturated rings. The van der Waals surface area contributed by atoms with Gasteiger partial charge in [0.1, 0.15) is 5.82 Å². The zero-order chi connectivity index (χ0) is 22.2. The number of carbonyl (C=O) groups excluding carboxylic acids is 2. The topological polar surface area (TPSA) is 58.6 Å². The second-order valence-corrected chi connectivity index (χ2v) is 8.83. The summed E-state index contributed by atoms with van der Waals surface area (Å²) in [5.74, 6) is -1.79. The molecule has 0 aromatic heterocycles. The van der Waals surface area contributed by atoms with E-state index in [0.717, 1.165) is 0 Å². The number of halogens is 2. The average Bonchev–Trinajstić information content (AvgIpc) is 2.64. The molecule has 2 amide bonds. The molecule has 1 unspecified atom stereocenters. The van der Waals surface area contributed by atoms with Crippen LogP contribution in [0.3, 0.4) is 0 Å². The summed E-state index contributed by atoms with van der Waals surface area (Å²) in [5.41, 5.74) is 1.26. The van der Waals surface area contributed by atoms with Crippen LogP contribution < -0.4 is 15.0 Å². The molecule has 7 heteroatoms. The number of carbonyl (C=O) groups is 2. The standard InChI is InChI=1S/C23H26F2N2O3/c1-13-10-17-21(19(25)20(13)26-18(28)11-23(3,4)5)30-14(2)22(29)27(17)12-15-6-8-16(24)9-7-15/h6-10,14H,11-12H2,1-5H3,(H,26,28). The molecule has 0 saturated heterocycles. The third kappa shape index (κ3) is 4.61. The monoisotopic (exact) mass is 416 g/mol. The largest absolute Gasteiger partial charge is 0.476 e. The Balaban J connectivity index is 1.97. The summed E-state index contributed by atoms with van der Waals surface area (Å²) in [6, 6.07) is 7.40. The van der Waals surface area contributed by atoms with E-state index in [2.05, 4.69) is 5.32 Å². The number of benzene rings is 2. The molecule has 1 N–H and O–H groups in total. The Hall–Kier alpha value is -2.96. The molecular formula is C23H26F2N2O3. The van der Waals surface area contributed by atoms with Crippen LogP contribution >= 0.6 is 0 Å². The van der Waals surface area contributed by atoms with Crippen LogP contribution in [0.5, 0.6) is 5.75 Å². The normalized spacial score (nSPS) is 16.2. The van der Waals surface area contributed by atoms with Crippen LogP contribution in [0.25, 0.3) is 0 Å². The lowest BCUT2D eigenvalue weighted by Crippen LogP contribution is -2.44. The molecule has 0 spiro atoms. The van der Waals surface area contributed by atoms with Gasteiger partial charge in [-0.1, -0.05) is 32.9 Å². The Morgan fingerprint density at radius 2 is 1.83 bits per heavy atom. The van der Waals surface area contributed by atoms with Crippen molar-refractivity contribution in [2.45, 2.75) is 53.7 Å². The lowest BCUT2D eigenvalue weighted by molar-refractivity contribution is -0.125. The molecule has 5 nitrogen and oxygen atoms in total. The van der Waals surface area contributed by atoms with Crippen molar-refractivity contribution in [1.29, 1.82) is 0 Å². The van der Waals surface area contributed by atoms with Crippen molar-refractivity contribution in [1.82, 2.24) is 0 Å². The van der Waals surface area contributed by atoms with E-state index < -0.39 is 11.9 Å². The van der Waals surface area contributed by atoms with E-state index in [-0.39, 0.29) is 53.1 Å². The van der Waals surface area contributed by atoms with Crippen molar-refractivity contribution < 1.29 is 23.1 Å². The minimum atomic E-state index is -0.895. The van der Waals surface area contributed by atoms with E-state index in [9.17, 15) is 14.0 Å². The fraction of sp³-hybridized carbons (Fsp3) is 0.391. The Morgan fingerprint density at radius 1 is 1.20 bits per heavy atom. The highest BCUT2D eigenvalue weighted by molar-refractivity contribution is 6.01. The first-order valence-electron chi connectivity index (χ1n) is 9.81. The van der Waals surface area contributed by atoms with Crippen LogP contribution in [-0.2, 0) is 16.1 Å². The predicted molar refractivity (Wildman–Crippen MR) is 112 cm³/mol. The van der Waals surface area contributed by atoms with Crippen LogP contribution in [0, 0.1) is 24.0 Å². The average molecular weight is 416 g/mol. The van der Waals surface area contributed by atoms with Crippen LogP contribution in [0.1, 0.15) is 45.2 Å². The van der Waals surface area contributed by atoms with E-state index in [0.29, 0.717) is 11.1 Å². The first-order valence-corrected chi connectivity index (χ1v) is 9.81. The number of aryl methyl sites for hydroxylation is 1. The van der Waals surface area contributed by atoms with Gasteiger partial charge in [0.2, 0.25) is 5.91 Å². The number of nitrogens with zero attached hydrogens (tertiary/aromatic N) is 1. The predicted octanol–water partition coefficient (Wildman–Crippen LogP) is 4.96. The minimum Gasteiger partial charge on any atom is -0.476 e. The molecule has 3 rings (SSSR count). The highest BCUT2D eigenvalue weighted by Gasteiger charge is 2.35. The smallest absolute Gasteiger partial charge is 0.268 e. The number of ether oxygens (including phenoxy) is 1. The third-order valence-electron chi connectivity index (χ3n) is 4.81. The molecule has 0 saturated carbocycles. The summed E-state index contributed by atoms with van der Waals surface area (Å²) in [6.45, 7) is 9.12. The molecule has 1 heterocycles.